The van der Waals surface area contributed by atoms with Crippen molar-refractivity contribution < 1.29 is 9.53 Å². The molecular weight excluding hydrogens is 274 g/mol. The van der Waals surface area contributed by atoms with Gasteiger partial charge in [0.05, 0.1) is 13.0 Å². The second-order valence-electron chi connectivity index (χ2n) is 5.74. The molecule has 2 aromatic carbocycles. The van der Waals surface area contributed by atoms with E-state index in [1.54, 1.807) is 12.0 Å². The van der Waals surface area contributed by atoms with Crippen LogP contribution in [0.25, 0.3) is 0 Å². The Balaban J connectivity index is 1.84. The van der Waals surface area contributed by atoms with Gasteiger partial charge in [-0.15, -0.1) is 0 Å². The highest BCUT2D eigenvalue weighted by atomic mass is 16.5. The molecule has 2 aromatic rings. The molecule has 0 heterocycles. The maximum atomic E-state index is 12.9. The predicted molar refractivity (Wildman–Crippen MR) is 88.5 cm³/mol. The fraction of sp³-hybridized carbons (Fsp3) is 0.316. The van der Waals surface area contributed by atoms with Gasteiger partial charge in [-0.3, -0.25) is 4.79 Å². The van der Waals surface area contributed by atoms with E-state index in [1.807, 2.05) is 37.4 Å². The normalized spacial score (nSPS) is 16.7. The minimum Gasteiger partial charge on any atom is -0.497 e. The number of carbonyl (C=O) groups excluding carboxylic acids is 1. The van der Waals surface area contributed by atoms with E-state index < -0.39 is 0 Å². The lowest BCUT2D eigenvalue weighted by Gasteiger charge is -2.28. The van der Waals surface area contributed by atoms with E-state index in [4.69, 9.17) is 4.74 Å². The summed E-state index contributed by atoms with van der Waals surface area (Å²) >= 11 is 0. The Kier molecular flexibility index (Phi) is 4.14. The van der Waals surface area contributed by atoms with E-state index in [0.29, 0.717) is 0 Å². The van der Waals surface area contributed by atoms with Gasteiger partial charge in [0.2, 0.25) is 5.91 Å². The van der Waals surface area contributed by atoms with Gasteiger partial charge >= 0.3 is 0 Å². The first-order valence-corrected chi connectivity index (χ1v) is 7.70. The van der Waals surface area contributed by atoms with Gasteiger partial charge < -0.3 is 9.64 Å². The highest BCUT2D eigenvalue weighted by Gasteiger charge is 2.28. The summed E-state index contributed by atoms with van der Waals surface area (Å²) in [6.07, 6.45) is 3.08. The number of carbonyl (C=O) groups is 1. The zero-order chi connectivity index (χ0) is 15.5. The number of fused-ring (bicyclic) bond motifs is 1. The van der Waals surface area contributed by atoms with Gasteiger partial charge in [0.25, 0.3) is 0 Å². The molecule has 1 unspecified atom stereocenters. The topological polar surface area (TPSA) is 29.5 Å². The highest BCUT2D eigenvalue weighted by molar-refractivity contribution is 5.98. The molecule has 3 nitrogen and oxygen atoms in total. The smallest absolute Gasteiger partial charge is 0.234 e. The van der Waals surface area contributed by atoms with Crippen molar-refractivity contribution in [2.75, 3.05) is 19.1 Å². The molecule has 0 saturated heterocycles. The number of anilines is 1. The van der Waals surface area contributed by atoms with Crippen molar-refractivity contribution in [2.45, 2.75) is 25.2 Å². The van der Waals surface area contributed by atoms with Crippen molar-refractivity contribution in [1.29, 1.82) is 0 Å². The lowest BCUT2D eigenvalue weighted by Crippen LogP contribution is -2.33. The third-order valence-corrected chi connectivity index (χ3v) is 4.46. The molecule has 1 amide bonds. The second kappa shape index (κ2) is 6.22. The highest BCUT2D eigenvalue weighted by Crippen LogP contribution is 2.33. The summed E-state index contributed by atoms with van der Waals surface area (Å²) in [4.78, 5) is 14.7. The fourth-order valence-electron chi connectivity index (χ4n) is 3.18. The van der Waals surface area contributed by atoms with Crippen LogP contribution in [0.4, 0.5) is 5.69 Å². The van der Waals surface area contributed by atoms with E-state index >= 15 is 0 Å². The number of benzene rings is 2. The second-order valence-corrected chi connectivity index (χ2v) is 5.74. The molecule has 114 valence electrons. The summed E-state index contributed by atoms with van der Waals surface area (Å²) in [7, 11) is 3.49. The number of rotatable bonds is 3. The van der Waals surface area contributed by atoms with Crippen LogP contribution in [0.3, 0.4) is 0 Å². The summed E-state index contributed by atoms with van der Waals surface area (Å²) < 4.78 is 5.17. The van der Waals surface area contributed by atoms with Crippen LogP contribution in [-0.2, 0) is 11.2 Å². The van der Waals surface area contributed by atoms with Crippen LogP contribution in [0.15, 0.2) is 48.5 Å². The molecule has 0 aromatic heterocycles. The van der Waals surface area contributed by atoms with Crippen LogP contribution in [-0.4, -0.2) is 20.1 Å². The molecule has 0 fully saturated rings. The number of ether oxygens (including phenoxy) is 1. The van der Waals surface area contributed by atoms with Crippen molar-refractivity contribution in [2.24, 2.45) is 0 Å². The summed E-state index contributed by atoms with van der Waals surface area (Å²) in [6.45, 7) is 0. The quantitative estimate of drug-likeness (QED) is 0.862. The minimum atomic E-state index is -0.0305. The van der Waals surface area contributed by atoms with Crippen molar-refractivity contribution >= 4 is 11.6 Å². The summed E-state index contributed by atoms with van der Waals surface area (Å²) in [5.41, 5.74) is 3.41. The van der Waals surface area contributed by atoms with Crippen LogP contribution in [0.1, 0.15) is 29.9 Å². The molecular formula is C19H21NO2. The van der Waals surface area contributed by atoms with E-state index in [9.17, 15) is 4.79 Å². The third-order valence-electron chi connectivity index (χ3n) is 4.46. The van der Waals surface area contributed by atoms with E-state index in [0.717, 1.165) is 30.7 Å². The first-order valence-electron chi connectivity index (χ1n) is 7.70. The Hall–Kier alpha value is -2.29. The average molecular weight is 295 g/mol. The lowest BCUT2D eigenvalue weighted by molar-refractivity contribution is -0.120. The van der Waals surface area contributed by atoms with E-state index in [-0.39, 0.29) is 11.8 Å². The number of hydrogen-bond acceptors (Lipinski definition) is 2. The summed E-state index contributed by atoms with van der Waals surface area (Å²) in [6, 6.07) is 15.9. The Morgan fingerprint density at radius 1 is 1.14 bits per heavy atom. The van der Waals surface area contributed by atoms with Crippen LogP contribution in [0.2, 0.25) is 0 Å². The third kappa shape index (κ3) is 2.71. The molecule has 3 rings (SSSR count). The molecule has 0 N–H and O–H groups in total. The van der Waals surface area contributed by atoms with Crippen molar-refractivity contribution in [1.82, 2.24) is 0 Å². The maximum Gasteiger partial charge on any atom is 0.234 e. The molecule has 0 bridgehead atoms. The molecule has 1 aliphatic rings. The lowest BCUT2D eigenvalue weighted by atomic mass is 9.82. The number of hydrogen-bond donors (Lipinski definition) is 0. The molecule has 0 aliphatic heterocycles. The van der Waals surface area contributed by atoms with Crippen LogP contribution in [0.5, 0.6) is 5.75 Å². The van der Waals surface area contributed by atoms with E-state index in [1.165, 1.54) is 11.1 Å². The van der Waals surface area contributed by atoms with Gasteiger partial charge in [-0.05, 0) is 54.7 Å². The number of amides is 1. The van der Waals surface area contributed by atoms with Gasteiger partial charge in [0.1, 0.15) is 5.75 Å². The first-order chi connectivity index (χ1) is 10.7. The fourth-order valence-corrected chi connectivity index (χ4v) is 3.18. The van der Waals surface area contributed by atoms with Crippen molar-refractivity contribution in [3.05, 3.63) is 59.7 Å². The largest absolute Gasteiger partial charge is 0.497 e. The predicted octanol–water partition coefficient (Wildman–Crippen LogP) is 3.78. The number of methoxy groups -OCH3 is 1. The first kappa shape index (κ1) is 14.6. The standard InChI is InChI=1S/C19H21NO2/c1-20(15-10-12-16(22-2)13-11-15)19(21)18-9-5-7-14-6-3-4-8-17(14)18/h3-4,6,8,10-13,18H,5,7,9H2,1-2H3. The van der Waals surface area contributed by atoms with Gasteiger partial charge in [0.15, 0.2) is 0 Å². The Bertz CT molecular complexity index is 663. The summed E-state index contributed by atoms with van der Waals surface area (Å²) in [5.74, 6) is 0.932. The monoisotopic (exact) mass is 295 g/mol. The maximum absolute atomic E-state index is 12.9. The molecule has 3 heteroatoms. The molecule has 0 spiro atoms. The number of aryl methyl sites for hydroxylation is 1. The number of likely N-dealkylation sites (N-methyl/N-ethyl adjacent to an activating group) is 1. The molecule has 1 aliphatic carbocycles. The van der Waals surface area contributed by atoms with Crippen LogP contribution in [0, 0.1) is 0 Å². The van der Waals surface area contributed by atoms with Gasteiger partial charge in [0, 0.05) is 12.7 Å². The van der Waals surface area contributed by atoms with Crippen LogP contribution < -0.4 is 9.64 Å². The van der Waals surface area contributed by atoms with Gasteiger partial charge in [-0.25, -0.2) is 0 Å². The summed E-state index contributed by atoms with van der Waals surface area (Å²) in [5, 5.41) is 0. The molecule has 0 radical (unpaired) electrons. The Morgan fingerprint density at radius 2 is 1.86 bits per heavy atom. The van der Waals surface area contributed by atoms with Crippen LogP contribution >= 0.6 is 0 Å². The Labute approximate surface area is 131 Å². The average Bonchev–Trinajstić information content (AvgIpc) is 2.60. The van der Waals surface area contributed by atoms with Gasteiger partial charge in [-0.1, -0.05) is 24.3 Å². The molecule has 0 saturated carbocycles. The molecule has 22 heavy (non-hydrogen) atoms. The number of nitrogens with zero attached hydrogens (tertiary/aromatic N) is 1. The SMILES string of the molecule is COc1ccc(N(C)C(=O)C2CCCc3ccccc32)cc1. The minimum absolute atomic E-state index is 0.0305. The molecule has 1 atom stereocenters. The van der Waals surface area contributed by atoms with Crippen molar-refractivity contribution in [3.8, 4) is 5.75 Å². The zero-order valence-electron chi connectivity index (χ0n) is 13.1. The Morgan fingerprint density at radius 3 is 2.59 bits per heavy atom. The van der Waals surface area contributed by atoms with Crippen molar-refractivity contribution in [3.63, 3.8) is 0 Å². The van der Waals surface area contributed by atoms with Gasteiger partial charge in [-0.2, -0.15) is 0 Å². The van der Waals surface area contributed by atoms with E-state index in [2.05, 4.69) is 18.2 Å². The zero-order valence-corrected chi connectivity index (χ0v) is 13.1.